The molecule has 1 saturated heterocycles. The molecule has 1 aliphatic heterocycles. The van der Waals surface area contributed by atoms with Gasteiger partial charge in [0.1, 0.15) is 0 Å². The van der Waals surface area contributed by atoms with Crippen LogP contribution in [0, 0.1) is 17.6 Å². The molecule has 0 bridgehead atoms. The van der Waals surface area contributed by atoms with Gasteiger partial charge in [-0.1, -0.05) is 6.07 Å². The Labute approximate surface area is 113 Å². The third kappa shape index (κ3) is 1.94. The molecule has 1 aliphatic carbocycles. The van der Waals surface area contributed by atoms with Crippen molar-refractivity contribution in [2.75, 3.05) is 13.1 Å². The third-order valence-corrected chi connectivity index (χ3v) is 4.40. The van der Waals surface area contributed by atoms with Crippen LogP contribution in [0.5, 0.6) is 0 Å². The smallest absolute Gasteiger partial charge is 0.159 e. The van der Waals surface area contributed by atoms with Gasteiger partial charge in [-0.2, -0.15) is 0 Å². The van der Waals surface area contributed by atoms with Gasteiger partial charge in [0.05, 0.1) is 0 Å². The zero-order valence-corrected chi connectivity index (χ0v) is 11.4. The van der Waals surface area contributed by atoms with E-state index in [-0.39, 0.29) is 17.8 Å². The molecule has 3 rings (SSSR count). The van der Waals surface area contributed by atoms with Crippen molar-refractivity contribution in [2.24, 2.45) is 5.92 Å². The molecule has 0 radical (unpaired) electrons. The zero-order valence-electron chi connectivity index (χ0n) is 10.6. The van der Waals surface area contributed by atoms with Gasteiger partial charge in [-0.25, -0.2) is 8.78 Å². The predicted molar refractivity (Wildman–Crippen MR) is 70.1 cm³/mol. The molecule has 100 valence electrons. The quantitative estimate of drug-likeness (QED) is 0.799. The Morgan fingerprint density at radius 1 is 1.28 bits per heavy atom. The van der Waals surface area contributed by atoms with E-state index in [9.17, 15) is 8.78 Å². The van der Waals surface area contributed by atoms with Crippen LogP contribution in [0.4, 0.5) is 8.78 Å². The van der Waals surface area contributed by atoms with E-state index in [1.165, 1.54) is 12.1 Å². The van der Waals surface area contributed by atoms with Gasteiger partial charge in [-0.15, -0.1) is 12.4 Å². The van der Waals surface area contributed by atoms with Gasteiger partial charge in [-0.05, 0) is 43.9 Å². The van der Waals surface area contributed by atoms with E-state index >= 15 is 0 Å². The number of likely N-dealkylation sites (tertiary alicyclic amines) is 1. The fraction of sp³-hybridized carbons (Fsp3) is 0.571. The topological polar surface area (TPSA) is 3.24 Å². The minimum atomic E-state index is -0.749. The number of fused-ring (bicyclic) bond motifs is 1. The van der Waals surface area contributed by atoms with E-state index < -0.39 is 11.6 Å². The van der Waals surface area contributed by atoms with E-state index in [0.717, 1.165) is 25.1 Å². The van der Waals surface area contributed by atoms with Gasteiger partial charge >= 0.3 is 0 Å². The lowest BCUT2D eigenvalue weighted by molar-refractivity contribution is 0.243. The molecule has 2 unspecified atom stereocenters. The highest BCUT2D eigenvalue weighted by Gasteiger charge is 2.60. The van der Waals surface area contributed by atoms with Crippen LogP contribution in [0.2, 0.25) is 0 Å². The largest absolute Gasteiger partial charge is 0.300 e. The molecule has 2 aliphatic rings. The van der Waals surface area contributed by atoms with Crippen molar-refractivity contribution < 1.29 is 8.78 Å². The van der Waals surface area contributed by atoms with Crippen LogP contribution in [-0.2, 0) is 5.41 Å². The second-order valence-corrected chi connectivity index (χ2v) is 5.71. The summed E-state index contributed by atoms with van der Waals surface area (Å²) in [4.78, 5) is 2.43. The van der Waals surface area contributed by atoms with E-state index in [1.807, 2.05) is 0 Å². The lowest BCUT2D eigenvalue weighted by atomic mass is 9.95. The standard InChI is InChI=1S/C14H17F2N.ClH/c1-9(2)17-7-11-6-14(11,8-17)10-3-4-12(15)13(16)5-10;/h3-5,9,11H,6-8H2,1-2H3;1H. The van der Waals surface area contributed by atoms with E-state index in [4.69, 9.17) is 0 Å². The highest BCUT2D eigenvalue weighted by molar-refractivity contribution is 5.85. The number of benzene rings is 1. The fourth-order valence-corrected chi connectivity index (χ4v) is 3.17. The number of rotatable bonds is 2. The van der Waals surface area contributed by atoms with Crippen molar-refractivity contribution in [1.82, 2.24) is 4.90 Å². The predicted octanol–water partition coefficient (Wildman–Crippen LogP) is 3.37. The Hall–Kier alpha value is -0.670. The Kier molecular flexibility index (Phi) is 3.41. The molecule has 1 saturated carbocycles. The first-order chi connectivity index (χ1) is 8.03. The average Bonchev–Trinajstić information content (AvgIpc) is 2.85. The van der Waals surface area contributed by atoms with Crippen molar-refractivity contribution in [3.63, 3.8) is 0 Å². The summed E-state index contributed by atoms with van der Waals surface area (Å²) in [5, 5.41) is 0. The normalized spacial score (nSPS) is 30.2. The summed E-state index contributed by atoms with van der Waals surface area (Å²) in [6.07, 6.45) is 1.13. The number of piperidine rings is 1. The van der Waals surface area contributed by atoms with Crippen LogP contribution in [0.25, 0.3) is 0 Å². The summed E-state index contributed by atoms with van der Waals surface area (Å²) >= 11 is 0. The second kappa shape index (κ2) is 4.46. The molecule has 1 aromatic carbocycles. The maximum absolute atomic E-state index is 13.3. The SMILES string of the molecule is CC(C)N1CC2CC2(c2ccc(F)c(F)c2)C1.Cl. The Morgan fingerprint density at radius 3 is 2.56 bits per heavy atom. The fourth-order valence-electron chi connectivity index (χ4n) is 3.17. The van der Waals surface area contributed by atoms with E-state index in [0.29, 0.717) is 12.0 Å². The van der Waals surface area contributed by atoms with Crippen LogP contribution in [0.1, 0.15) is 25.8 Å². The lowest BCUT2D eigenvalue weighted by Crippen LogP contribution is -2.32. The molecule has 4 heteroatoms. The van der Waals surface area contributed by atoms with Crippen molar-refractivity contribution in [1.29, 1.82) is 0 Å². The summed E-state index contributed by atoms with van der Waals surface area (Å²) in [6.45, 7) is 6.45. The summed E-state index contributed by atoms with van der Waals surface area (Å²) in [5.74, 6) is -0.832. The lowest BCUT2D eigenvalue weighted by Gasteiger charge is -2.24. The average molecular weight is 274 g/mol. The van der Waals surface area contributed by atoms with Crippen molar-refractivity contribution in [3.05, 3.63) is 35.4 Å². The minimum absolute atomic E-state index is 0. The van der Waals surface area contributed by atoms with Crippen molar-refractivity contribution in [2.45, 2.75) is 31.7 Å². The maximum Gasteiger partial charge on any atom is 0.159 e. The molecule has 2 atom stereocenters. The van der Waals surface area contributed by atoms with Crippen molar-refractivity contribution in [3.8, 4) is 0 Å². The van der Waals surface area contributed by atoms with Gasteiger partial charge in [0, 0.05) is 24.5 Å². The monoisotopic (exact) mass is 273 g/mol. The molecule has 1 heterocycles. The summed E-state index contributed by atoms with van der Waals surface area (Å²) in [7, 11) is 0. The molecular formula is C14H18ClF2N. The maximum atomic E-state index is 13.3. The van der Waals surface area contributed by atoms with Gasteiger partial charge < -0.3 is 0 Å². The minimum Gasteiger partial charge on any atom is -0.300 e. The summed E-state index contributed by atoms with van der Waals surface area (Å²) < 4.78 is 26.2. The van der Waals surface area contributed by atoms with Gasteiger partial charge in [0.2, 0.25) is 0 Å². The number of nitrogens with zero attached hydrogens (tertiary/aromatic N) is 1. The first-order valence-corrected chi connectivity index (χ1v) is 6.22. The highest BCUT2D eigenvalue weighted by Crippen LogP contribution is 2.59. The first kappa shape index (κ1) is 13.8. The van der Waals surface area contributed by atoms with Crippen LogP contribution in [0.3, 0.4) is 0 Å². The van der Waals surface area contributed by atoms with Gasteiger partial charge in [-0.3, -0.25) is 4.90 Å². The van der Waals surface area contributed by atoms with Gasteiger partial charge in [0.15, 0.2) is 11.6 Å². The number of hydrogen-bond acceptors (Lipinski definition) is 1. The highest BCUT2D eigenvalue weighted by atomic mass is 35.5. The van der Waals surface area contributed by atoms with Crippen LogP contribution >= 0.6 is 12.4 Å². The molecule has 0 aromatic heterocycles. The number of halogens is 3. The molecule has 1 nitrogen and oxygen atoms in total. The Balaban J connectivity index is 0.00000120. The van der Waals surface area contributed by atoms with Crippen LogP contribution < -0.4 is 0 Å². The van der Waals surface area contributed by atoms with Gasteiger partial charge in [0.25, 0.3) is 0 Å². The molecule has 0 spiro atoms. The first-order valence-electron chi connectivity index (χ1n) is 6.22. The molecule has 1 aromatic rings. The van der Waals surface area contributed by atoms with E-state index in [2.05, 4.69) is 18.7 Å². The molecule has 2 fully saturated rings. The Morgan fingerprint density at radius 2 is 2.00 bits per heavy atom. The molecular weight excluding hydrogens is 256 g/mol. The van der Waals surface area contributed by atoms with Crippen molar-refractivity contribution >= 4 is 12.4 Å². The van der Waals surface area contributed by atoms with Crippen LogP contribution in [-0.4, -0.2) is 24.0 Å². The van der Waals surface area contributed by atoms with E-state index in [1.54, 1.807) is 6.07 Å². The summed E-state index contributed by atoms with van der Waals surface area (Å²) in [5.41, 5.74) is 1.09. The second-order valence-electron chi connectivity index (χ2n) is 5.71. The third-order valence-electron chi connectivity index (χ3n) is 4.40. The summed E-state index contributed by atoms with van der Waals surface area (Å²) in [6, 6.07) is 4.93. The number of hydrogen-bond donors (Lipinski definition) is 0. The van der Waals surface area contributed by atoms with Crippen LogP contribution in [0.15, 0.2) is 18.2 Å². The molecule has 0 amide bonds. The zero-order chi connectivity index (χ0) is 12.2. The Bertz CT molecular complexity index is 463. The molecule has 18 heavy (non-hydrogen) atoms. The molecule has 0 N–H and O–H groups in total.